The van der Waals surface area contributed by atoms with Crippen LogP contribution in [-0.4, -0.2) is 81.8 Å². The summed E-state index contributed by atoms with van der Waals surface area (Å²) in [5.74, 6) is -1.40. The molecule has 1 aromatic rings. The molecule has 0 radical (unpaired) electrons. The number of phosphoric acid groups is 1. The summed E-state index contributed by atoms with van der Waals surface area (Å²) in [4.78, 5) is 72.8. The fourth-order valence-electron chi connectivity index (χ4n) is 4.17. The van der Waals surface area contributed by atoms with E-state index in [0.29, 0.717) is 12.8 Å². The summed E-state index contributed by atoms with van der Waals surface area (Å²) in [5, 5.41) is 17.4. The first-order chi connectivity index (χ1) is 18.3. The highest BCUT2D eigenvalue weighted by molar-refractivity contribution is 7.47. The highest BCUT2D eigenvalue weighted by Crippen LogP contribution is 2.47. The Labute approximate surface area is 231 Å². The van der Waals surface area contributed by atoms with Gasteiger partial charge in [0, 0.05) is 45.7 Å². The Morgan fingerprint density at radius 1 is 1.25 bits per heavy atom. The molecule has 0 saturated carbocycles. The van der Waals surface area contributed by atoms with E-state index in [4.69, 9.17) is 9.26 Å². The molecule has 1 aromatic heterocycles. The molecule has 1 fully saturated rings. The Kier molecular flexibility index (Phi) is 13.9. The quantitative estimate of drug-likeness (QED) is 0.144. The summed E-state index contributed by atoms with van der Waals surface area (Å²) in [6, 6.07) is -1.70. The van der Waals surface area contributed by atoms with E-state index in [0.717, 1.165) is 11.7 Å². The molecule has 228 valence electrons. The van der Waals surface area contributed by atoms with Gasteiger partial charge in [-0.3, -0.25) is 37.8 Å². The van der Waals surface area contributed by atoms with Gasteiger partial charge in [-0.15, -0.1) is 0 Å². The second-order valence-electron chi connectivity index (χ2n) is 8.98. The molecule has 16 nitrogen and oxygen atoms in total. The highest BCUT2D eigenvalue weighted by atomic mass is 31.2. The van der Waals surface area contributed by atoms with E-state index in [2.05, 4.69) is 25.5 Å². The second kappa shape index (κ2) is 15.8. The molecule has 6 N–H and O–H groups in total. The maximum Gasteiger partial charge on any atom is 0.472 e. The predicted octanol–water partition coefficient (Wildman–Crippen LogP) is -0.947. The molecule has 2 heterocycles. The summed E-state index contributed by atoms with van der Waals surface area (Å²) >= 11 is 0. The van der Waals surface area contributed by atoms with Gasteiger partial charge in [-0.05, 0) is 12.8 Å². The van der Waals surface area contributed by atoms with Crippen molar-refractivity contribution >= 4 is 25.5 Å². The third kappa shape index (κ3) is 9.94. The first kappa shape index (κ1) is 35.1. The lowest BCUT2D eigenvalue weighted by Crippen LogP contribution is -2.58. The Morgan fingerprint density at radius 3 is 2.45 bits per heavy atom. The van der Waals surface area contributed by atoms with Gasteiger partial charge < -0.3 is 30.7 Å². The van der Waals surface area contributed by atoms with Crippen LogP contribution in [0.5, 0.6) is 0 Å². The molecule has 0 spiro atoms. The zero-order valence-corrected chi connectivity index (χ0v) is 23.1. The normalized spacial score (nSPS) is 21.4. The number of nitrogens with one attached hydrogen (secondary N) is 4. The van der Waals surface area contributed by atoms with Crippen molar-refractivity contribution in [3.63, 3.8) is 0 Å². The SMILES string of the molecule is C.CCCC(NC(C)=O)C(NC(C)=O)C(=O)NCCc1cn([C@@H]2CC(OP(=O)(O)OC)[C@H](CO)O2)c(=O)[nH]c1=O. The molecular weight excluding hydrogens is 553 g/mol. The van der Waals surface area contributed by atoms with Gasteiger partial charge in [0.05, 0.1) is 12.6 Å². The minimum Gasteiger partial charge on any atom is -0.394 e. The lowest BCUT2D eigenvalue weighted by molar-refractivity contribution is -0.129. The average molecular weight is 594 g/mol. The maximum absolute atomic E-state index is 12.9. The smallest absolute Gasteiger partial charge is 0.394 e. The summed E-state index contributed by atoms with van der Waals surface area (Å²) in [7, 11) is -3.43. The van der Waals surface area contributed by atoms with Gasteiger partial charge >= 0.3 is 13.5 Å². The van der Waals surface area contributed by atoms with Crippen molar-refractivity contribution in [1.82, 2.24) is 25.5 Å². The van der Waals surface area contributed by atoms with Gasteiger partial charge in [-0.25, -0.2) is 9.36 Å². The molecule has 2 rings (SSSR count). The standard InChI is InChI=1S/C22H36N5O11P.CH4/c1-5-6-15(24-12(2)29)19(25-13(3)30)21(32)23-8-7-14-10-27(22(33)26-20(14)31)18-9-16(17(11-28)37-18)38-39(34,35)36-4;/h10,15-19,28H,5-9,11H2,1-4H3,(H,23,32)(H,24,29)(H,25,30)(H,34,35)(H,26,31,33);1H4/t15?,16?,17-,18-,19?;/m0./s1. The zero-order valence-electron chi connectivity index (χ0n) is 22.2. The molecule has 0 aromatic carbocycles. The van der Waals surface area contributed by atoms with Crippen molar-refractivity contribution in [2.75, 3.05) is 20.3 Å². The van der Waals surface area contributed by atoms with Crippen LogP contribution in [0.2, 0.25) is 0 Å². The Hall–Kier alpha value is -2.88. The van der Waals surface area contributed by atoms with Crippen LogP contribution < -0.4 is 27.2 Å². The van der Waals surface area contributed by atoms with Crippen LogP contribution in [0.1, 0.15) is 59.3 Å². The van der Waals surface area contributed by atoms with Crippen molar-refractivity contribution < 1.29 is 42.7 Å². The van der Waals surface area contributed by atoms with Crippen molar-refractivity contribution in [3.8, 4) is 0 Å². The topological polar surface area (TPSA) is 227 Å². The fraction of sp³-hybridized carbons (Fsp3) is 0.696. The van der Waals surface area contributed by atoms with Gasteiger partial charge in [0.25, 0.3) is 5.56 Å². The number of carbonyl (C=O) groups is 3. The first-order valence-electron chi connectivity index (χ1n) is 12.3. The molecule has 4 unspecified atom stereocenters. The van der Waals surface area contributed by atoms with E-state index in [1.807, 2.05) is 6.92 Å². The molecule has 1 aliphatic heterocycles. The number of hydrogen-bond donors (Lipinski definition) is 6. The van der Waals surface area contributed by atoms with Crippen molar-refractivity contribution in [2.45, 2.75) is 84.4 Å². The highest BCUT2D eigenvalue weighted by Gasteiger charge is 2.41. The molecular formula is C23H40N5O11P. The number of aromatic amines is 1. The molecule has 6 atom stereocenters. The molecule has 17 heteroatoms. The summed E-state index contributed by atoms with van der Waals surface area (Å²) < 4.78 is 27.9. The molecule has 0 bridgehead atoms. The fourth-order valence-corrected chi connectivity index (χ4v) is 4.82. The number of aliphatic hydroxyl groups is 1. The number of phosphoric ester groups is 1. The van der Waals surface area contributed by atoms with Crippen LogP contribution in [0.25, 0.3) is 0 Å². The van der Waals surface area contributed by atoms with Gasteiger partial charge in [0.1, 0.15) is 24.5 Å². The number of ether oxygens (including phenoxy) is 1. The molecule has 3 amide bonds. The van der Waals surface area contributed by atoms with Crippen LogP contribution in [0.15, 0.2) is 15.8 Å². The largest absolute Gasteiger partial charge is 0.472 e. The number of aromatic nitrogens is 2. The van der Waals surface area contributed by atoms with Crippen LogP contribution in [-0.2, 0) is 39.2 Å². The number of H-pyrrole nitrogens is 1. The number of rotatable bonds is 14. The minimum atomic E-state index is -4.41. The molecule has 40 heavy (non-hydrogen) atoms. The van der Waals surface area contributed by atoms with Gasteiger partial charge in [0.15, 0.2) is 0 Å². The number of amides is 3. The Balaban J connectivity index is 0.00000800. The van der Waals surface area contributed by atoms with E-state index < -0.39 is 68.0 Å². The Morgan fingerprint density at radius 2 is 1.90 bits per heavy atom. The van der Waals surface area contributed by atoms with Crippen molar-refractivity contribution in [3.05, 3.63) is 32.6 Å². The lowest BCUT2D eigenvalue weighted by Gasteiger charge is -2.27. The van der Waals surface area contributed by atoms with Crippen molar-refractivity contribution in [1.29, 1.82) is 0 Å². The number of carbonyl (C=O) groups excluding carboxylic acids is 3. The number of nitrogens with zero attached hydrogens (tertiary/aromatic N) is 1. The predicted molar refractivity (Wildman–Crippen MR) is 142 cm³/mol. The minimum absolute atomic E-state index is 0. The number of hydrogen-bond acceptors (Lipinski definition) is 10. The summed E-state index contributed by atoms with van der Waals surface area (Å²) in [6.45, 7) is 3.79. The zero-order chi connectivity index (χ0) is 29.3. The van der Waals surface area contributed by atoms with Crippen LogP contribution in [0.3, 0.4) is 0 Å². The third-order valence-electron chi connectivity index (χ3n) is 5.94. The van der Waals surface area contributed by atoms with Gasteiger partial charge in [-0.1, -0.05) is 20.8 Å². The Bertz CT molecular complexity index is 1190. The van der Waals surface area contributed by atoms with Crippen LogP contribution in [0.4, 0.5) is 0 Å². The molecule has 0 aliphatic carbocycles. The van der Waals surface area contributed by atoms with Gasteiger partial charge in [0.2, 0.25) is 17.7 Å². The van der Waals surface area contributed by atoms with Gasteiger partial charge in [-0.2, -0.15) is 0 Å². The van der Waals surface area contributed by atoms with Crippen LogP contribution >= 0.6 is 7.82 Å². The van der Waals surface area contributed by atoms with Crippen molar-refractivity contribution in [2.24, 2.45) is 0 Å². The van der Waals surface area contributed by atoms with E-state index in [1.54, 1.807) is 0 Å². The van der Waals surface area contributed by atoms with E-state index in [-0.39, 0.29) is 38.3 Å². The van der Waals surface area contributed by atoms with E-state index in [9.17, 15) is 38.5 Å². The third-order valence-corrected chi connectivity index (χ3v) is 6.94. The first-order valence-corrected chi connectivity index (χ1v) is 13.8. The summed E-state index contributed by atoms with van der Waals surface area (Å²) in [5.41, 5.74) is -1.41. The second-order valence-corrected chi connectivity index (χ2v) is 10.5. The lowest BCUT2D eigenvalue weighted by atomic mass is 10.0. The molecule has 1 aliphatic rings. The monoisotopic (exact) mass is 593 g/mol. The van der Waals surface area contributed by atoms with Crippen LogP contribution in [0, 0.1) is 0 Å². The maximum atomic E-state index is 12.9. The number of aliphatic hydroxyl groups excluding tert-OH is 1. The molecule has 1 saturated heterocycles. The average Bonchev–Trinajstić information content (AvgIpc) is 3.24. The van der Waals surface area contributed by atoms with E-state index >= 15 is 0 Å². The van der Waals surface area contributed by atoms with E-state index in [1.165, 1.54) is 20.0 Å². The summed E-state index contributed by atoms with van der Waals surface area (Å²) in [6.07, 6.45) is -0.997.